The Morgan fingerprint density at radius 2 is 0.833 bits per heavy atom. The van der Waals surface area contributed by atoms with Crippen molar-refractivity contribution >= 4 is 32.7 Å². The van der Waals surface area contributed by atoms with Crippen molar-refractivity contribution in [1.82, 2.24) is 0 Å². The molecule has 1 heterocycles. The minimum atomic E-state index is 0.928. The molecule has 0 fully saturated rings. The molecular formula is C41H28O. The van der Waals surface area contributed by atoms with Gasteiger partial charge in [0, 0.05) is 16.2 Å². The van der Waals surface area contributed by atoms with Crippen LogP contribution in [0.2, 0.25) is 0 Å². The lowest BCUT2D eigenvalue weighted by Gasteiger charge is -2.10. The van der Waals surface area contributed by atoms with Gasteiger partial charge in [-0.05, 0) is 68.4 Å². The van der Waals surface area contributed by atoms with Crippen molar-refractivity contribution < 1.29 is 4.42 Å². The summed E-state index contributed by atoms with van der Waals surface area (Å²) in [7, 11) is 0. The van der Waals surface area contributed by atoms with Crippen LogP contribution in [0.15, 0.2) is 162 Å². The highest BCUT2D eigenvalue weighted by atomic mass is 16.3. The van der Waals surface area contributed by atoms with Crippen LogP contribution in [-0.2, 0) is 6.42 Å². The number of fused-ring (bicyclic) bond motifs is 5. The van der Waals surface area contributed by atoms with Gasteiger partial charge < -0.3 is 4.42 Å². The Labute approximate surface area is 245 Å². The molecule has 0 radical (unpaired) electrons. The Hall–Kier alpha value is -5.40. The first-order valence-electron chi connectivity index (χ1n) is 14.5. The maximum atomic E-state index is 6.30. The first-order valence-corrected chi connectivity index (χ1v) is 14.5. The van der Waals surface area contributed by atoms with Crippen molar-refractivity contribution in [2.45, 2.75) is 6.42 Å². The Morgan fingerprint density at radius 3 is 1.48 bits per heavy atom. The fourth-order valence-corrected chi connectivity index (χ4v) is 6.13. The molecule has 1 nitrogen and oxygen atoms in total. The zero-order chi connectivity index (χ0) is 27.9. The van der Waals surface area contributed by atoms with Gasteiger partial charge in [-0.15, -0.1) is 0 Å². The van der Waals surface area contributed by atoms with Gasteiger partial charge in [0.1, 0.15) is 11.2 Å². The molecule has 0 N–H and O–H groups in total. The van der Waals surface area contributed by atoms with Crippen LogP contribution in [0.4, 0.5) is 0 Å². The molecule has 8 aromatic rings. The highest BCUT2D eigenvalue weighted by Gasteiger charge is 2.14. The average Bonchev–Trinajstić information content (AvgIpc) is 3.44. The molecule has 1 heteroatoms. The van der Waals surface area contributed by atoms with E-state index in [2.05, 4.69) is 146 Å². The molecule has 1 aromatic heterocycles. The first-order chi connectivity index (χ1) is 20.8. The number of hydrogen-bond acceptors (Lipinski definition) is 1. The predicted molar refractivity (Wildman–Crippen MR) is 177 cm³/mol. The van der Waals surface area contributed by atoms with E-state index in [0.29, 0.717) is 0 Å². The van der Waals surface area contributed by atoms with Gasteiger partial charge in [0.25, 0.3) is 0 Å². The highest BCUT2D eigenvalue weighted by Crippen LogP contribution is 2.40. The summed E-state index contributed by atoms with van der Waals surface area (Å²) in [5, 5.41) is 4.67. The van der Waals surface area contributed by atoms with Gasteiger partial charge in [0.05, 0.1) is 0 Å². The normalized spacial score (nSPS) is 11.4. The molecule has 0 aliphatic carbocycles. The maximum absolute atomic E-state index is 6.30. The standard InChI is InChI=1S/C41H28O/c1-2-8-28(9-3-1)26-29-14-16-30(17-15-29)31-18-20-32(21-19-31)33-22-24-34(25-23-33)38-27-39-36-11-6-7-13-40(36)42-41(39)37-12-5-4-10-35(37)38/h1-25,27H,26H2. The second-order valence-electron chi connectivity index (χ2n) is 11.0. The van der Waals surface area contributed by atoms with Gasteiger partial charge in [-0.1, -0.05) is 146 Å². The molecule has 0 bridgehead atoms. The molecule has 42 heavy (non-hydrogen) atoms. The van der Waals surface area contributed by atoms with Crippen LogP contribution in [0.25, 0.3) is 66.1 Å². The molecule has 0 amide bonds. The van der Waals surface area contributed by atoms with E-state index < -0.39 is 0 Å². The Balaban J connectivity index is 1.08. The molecule has 8 rings (SSSR count). The van der Waals surface area contributed by atoms with E-state index >= 15 is 0 Å². The molecule has 0 aliphatic heterocycles. The summed E-state index contributed by atoms with van der Waals surface area (Å²) in [6, 6.07) is 56.5. The number of furan rings is 1. The predicted octanol–water partition coefficient (Wildman–Crippen LogP) is 11.3. The zero-order valence-corrected chi connectivity index (χ0v) is 23.1. The Morgan fingerprint density at radius 1 is 0.357 bits per heavy atom. The molecule has 0 saturated carbocycles. The quantitative estimate of drug-likeness (QED) is 0.213. The SMILES string of the molecule is c1ccc(Cc2ccc(-c3ccc(-c4ccc(-c5cc6c7ccccc7oc6c6ccccc56)cc4)cc3)cc2)cc1. The topological polar surface area (TPSA) is 13.1 Å². The Bertz CT molecular complexity index is 2170. The molecule has 0 atom stereocenters. The summed E-state index contributed by atoms with van der Waals surface area (Å²) in [4.78, 5) is 0. The Kier molecular flexibility index (Phi) is 5.93. The van der Waals surface area contributed by atoms with Crippen molar-refractivity contribution in [1.29, 1.82) is 0 Å². The van der Waals surface area contributed by atoms with Gasteiger partial charge in [0.2, 0.25) is 0 Å². The van der Waals surface area contributed by atoms with Gasteiger partial charge in [0.15, 0.2) is 0 Å². The zero-order valence-electron chi connectivity index (χ0n) is 23.1. The number of para-hydroxylation sites is 1. The van der Waals surface area contributed by atoms with E-state index in [1.54, 1.807) is 0 Å². The summed E-state index contributed by atoms with van der Waals surface area (Å²) in [6.45, 7) is 0. The minimum absolute atomic E-state index is 0.928. The van der Waals surface area contributed by atoms with Crippen LogP contribution >= 0.6 is 0 Å². The number of rotatable bonds is 5. The summed E-state index contributed by atoms with van der Waals surface area (Å²) in [6.07, 6.45) is 0.957. The van der Waals surface area contributed by atoms with Crippen molar-refractivity contribution in [2.24, 2.45) is 0 Å². The van der Waals surface area contributed by atoms with E-state index in [4.69, 9.17) is 4.42 Å². The van der Waals surface area contributed by atoms with Gasteiger partial charge in [-0.25, -0.2) is 0 Å². The highest BCUT2D eigenvalue weighted by molar-refractivity contribution is 6.19. The monoisotopic (exact) mass is 536 g/mol. The third-order valence-corrected chi connectivity index (χ3v) is 8.34. The summed E-state index contributed by atoms with van der Waals surface area (Å²) in [5.74, 6) is 0. The summed E-state index contributed by atoms with van der Waals surface area (Å²) in [5.41, 5.74) is 11.9. The smallest absolute Gasteiger partial charge is 0.143 e. The largest absolute Gasteiger partial charge is 0.455 e. The van der Waals surface area contributed by atoms with E-state index in [9.17, 15) is 0 Å². The minimum Gasteiger partial charge on any atom is -0.455 e. The van der Waals surface area contributed by atoms with Gasteiger partial charge in [-0.2, -0.15) is 0 Å². The van der Waals surface area contributed by atoms with Crippen LogP contribution in [0.1, 0.15) is 11.1 Å². The lowest BCUT2D eigenvalue weighted by atomic mass is 9.93. The first kappa shape index (κ1) is 24.4. The van der Waals surface area contributed by atoms with Crippen molar-refractivity contribution in [2.75, 3.05) is 0 Å². The third-order valence-electron chi connectivity index (χ3n) is 8.34. The number of benzene rings is 7. The number of hydrogen-bond donors (Lipinski definition) is 0. The molecule has 7 aromatic carbocycles. The van der Waals surface area contributed by atoms with E-state index in [1.807, 2.05) is 12.1 Å². The molecule has 198 valence electrons. The van der Waals surface area contributed by atoms with E-state index in [-0.39, 0.29) is 0 Å². The molecule has 0 aliphatic rings. The lowest BCUT2D eigenvalue weighted by molar-refractivity contribution is 0.672. The van der Waals surface area contributed by atoms with Crippen LogP contribution in [0.5, 0.6) is 0 Å². The summed E-state index contributed by atoms with van der Waals surface area (Å²) >= 11 is 0. The summed E-state index contributed by atoms with van der Waals surface area (Å²) < 4.78 is 6.30. The van der Waals surface area contributed by atoms with E-state index in [0.717, 1.165) is 33.7 Å². The van der Waals surface area contributed by atoms with Crippen LogP contribution in [-0.4, -0.2) is 0 Å². The van der Waals surface area contributed by atoms with Crippen molar-refractivity contribution in [3.05, 3.63) is 169 Å². The average molecular weight is 537 g/mol. The maximum Gasteiger partial charge on any atom is 0.143 e. The second kappa shape index (κ2) is 10.2. The van der Waals surface area contributed by atoms with Crippen molar-refractivity contribution in [3.63, 3.8) is 0 Å². The molecule has 0 unspecified atom stereocenters. The molecule has 0 saturated heterocycles. The van der Waals surface area contributed by atoms with Gasteiger partial charge in [-0.3, -0.25) is 0 Å². The van der Waals surface area contributed by atoms with Crippen LogP contribution in [0.3, 0.4) is 0 Å². The fraction of sp³-hybridized carbons (Fsp3) is 0.0244. The van der Waals surface area contributed by atoms with Gasteiger partial charge >= 0.3 is 0 Å². The lowest BCUT2D eigenvalue weighted by Crippen LogP contribution is -1.88. The molecule has 0 spiro atoms. The van der Waals surface area contributed by atoms with Crippen LogP contribution in [0, 0.1) is 0 Å². The molecular weight excluding hydrogens is 508 g/mol. The van der Waals surface area contributed by atoms with E-state index in [1.165, 1.54) is 49.9 Å². The third kappa shape index (κ3) is 4.36. The second-order valence-corrected chi connectivity index (χ2v) is 11.0. The fourth-order valence-electron chi connectivity index (χ4n) is 6.13. The van der Waals surface area contributed by atoms with Crippen LogP contribution < -0.4 is 0 Å². The van der Waals surface area contributed by atoms with Crippen molar-refractivity contribution in [3.8, 4) is 33.4 Å².